The smallest absolute Gasteiger partial charge is 0.338 e. The average molecular weight is 447 g/mol. The molecule has 0 bridgehead atoms. The molecule has 0 radical (unpaired) electrons. The minimum absolute atomic E-state index is 0.0605. The molecule has 7 nitrogen and oxygen atoms in total. The predicted octanol–water partition coefficient (Wildman–Crippen LogP) is 4.04. The summed E-state index contributed by atoms with van der Waals surface area (Å²) in [6.07, 6.45) is 12.3. The van der Waals surface area contributed by atoms with E-state index in [0.717, 1.165) is 45.2 Å². The van der Waals surface area contributed by atoms with E-state index in [0.29, 0.717) is 11.3 Å². The van der Waals surface area contributed by atoms with Gasteiger partial charge in [0.1, 0.15) is 12.4 Å². The fourth-order valence-electron chi connectivity index (χ4n) is 3.48. The number of esters is 1. The molecular formula is C23H27ClN2O5. The van der Waals surface area contributed by atoms with Crippen molar-refractivity contribution in [2.75, 3.05) is 26.3 Å². The molecular weight excluding hydrogens is 420 g/mol. The zero-order chi connectivity index (χ0) is 22.1. The van der Waals surface area contributed by atoms with E-state index in [9.17, 15) is 14.7 Å². The number of ether oxygens (including phenoxy) is 1. The highest BCUT2D eigenvalue weighted by Gasteiger charge is 2.20. The van der Waals surface area contributed by atoms with E-state index >= 15 is 0 Å². The summed E-state index contributed by atoms with van der Waals surface area (Å²) < 4.78 is 5.28. The summed E-state index contributed by atoms with van der Waals surface area (Å²) in [6, 6.07) is 2.83. The number of fused-ring (bicyclic) bond motifs is 1. The van der Waals surface area contributed by atoms with E-state index in [4.69, 9.17) is 21.2 Å². The summed E-state index contributed by atoms with van der Waals surface area (Å²) in [5.41, 5.74) is 1.13. The van der Waals surface area contributed by atoms with Crippen molar-refractivity contribution in [3.8, 4) is 5.75 Å². The second-order valence-corrected chi connectivity index (χ2v) is 7.83. The van der Waals surface area contributed by atoms with Crippen LogP contribution < -0.4 is 0 Å². The molecule has 1 saturated heterocycles. The van der Waals surface area contributed by atoms with Crippen molar-refractivity contribution in [1.82, 2.24) is 4.90 Å². The SMILES string of the molecule is O=C1OC/C=C/CC/C=C/C(=N\OCC(=O)N2CCCCC2)Cc2c1ccc(O)c2Cl. The van der Waals surface area contributed by atoms with Crippen LogP contribution in [-0.4, -0.2) is 53.9 Å². The Morgan fingerprint density at radius 3 is 2.74 bits per heavy atom. The highest BCUT2D eigenvalue weighted by atomic mass is 35.5. The van der Waals surface area contributed by atoms with Crippen molar-refractivity contribution >= 4 is 29.2 Å². The van der Waals surface area contributed by atoms with Gasteiger partial charge < -0.3 is 19.6 Å². The van der Waals surface area contributed by atoms with Crippen LogP contribution in [0.15, 0.2) is 41.6 Å². The number of halogens is 1. The van der Waals surface area contributed by atoms with E-state index in [1.165, 1.54) is 12.1 Å². The standard InChI is InChI=1S/C23H27ClN2O5/c24-22-19-15-17(25-31-16-21(28)26-12-6-4-7-13-26)9-5-2-1-3-8-14-30-23(29)18(19)10-11-20(22)27/h3,5,8-11,27H,1-2,4,6-7,12-16H2/b8-3+,9-5+,25-17+. The number of phenolic OH excluding ortho intramolecular Hbond substituents is 1. The molecule has 0 unspecified atom stereocenters. The van der Waals surface area contributed by atoms with Crippen LogP contribution in [0.4, 0.5) is 0 Å². The van der Waals surface area contributed by atoms with Gasteiger partial charge in [-0.1, -0.05) is 35.0 Å². The first kappa shape index (κ1) is 22.9. The first-order valence-electron chi connectivity index (χ1n) is 10.5. The number of hydrogen-bond donors (Lipinski definition) is 1. The van der Waals surface area contributed by atoms with Crippen LogP contribution in [0.2, 0.25) is 5.02 Å². The van der Waals surface area contributed by atoms with Crippen LogP contribution in [0.1, 0.15) is 48.0 Å². The van der Waals surface area contributed by atoms with Gasteiger partial charge in [0.05, 0.1) is 16.3 Å². The zero-order valence-electron chi connectivity index (χ0n) is 17.4. The molecule has 0 atom stereocenters. The molecule has 31 heavy (non-hydrogen) atoms. The van der Waals surface area contributed by atoms with Crippen LogP contribution in [0, 0.1) is 0 Å². The highest BCUT2D eigenvalue weighted by Crippen LogP contribution is 2.31. The van der Waals surface area contributed by atoms with Crippen molar-refractivity contribution < 1.29 is 24.3 Å². The third-order valence-corrected chi connectivity index (χ3v) is 5.59. The third kappa shape index (κ3) is 6.59. The molecule has 1 fully saturated rings. The van der Waals surface area contributed by atoms with Gasteiger partial charge in [-0.15, -0.1) is 0 Å². The third-order valence-electron chi connectivity index (χ3n) is 5.17. The largest absolute Gasteiger partial charge is 0.506 e. The number of hydrogen-bond acceptors (Lipinski definition) is 6. The molecule has 1 amide bonds. The first-order valence-corrected chi connectivity index (χ1v) is 10.9. The van der Waals surface area contributed by atoms with Crippen LogP contribution in [-0.2, 0) is 20.8 Å². The van der Waals surface area contributed by atoms with Crippen molar-refractivity contribution in [1.29, 1.82) is 0 Å². The fraction of sp³-hybridized carbons (Fsp3) is 0.435. The van der Waals surface area contributed by atoms with E-state index in [1.54, 1.807) is 17.1 Å². The number of phenols is 1. The van der Waals surface area contributed by atoms with Crippen LogP contribution in [0.3, 0.4) is 0 Å². The molecule has 2 aliphatic heterocycles. The number of amides is 1. The Hall–Kier alpha value is -2.80. The molecule has 8 heteroatoms. The maximum atomic E-state index is 12.5. The van der Waals surface area contributed by atoms with Crippen LogP contribution in [0.25, 0.3) is 0 Å². The van der Waals surface area contributed by atoms with Crippen molar-refractivity contribution in [2.24, 2.45) is 5.16 Å². The quantitative estimate of drug-likeness (QED) is 0.430. The first-order chi connectivity index (χ1) is 15.1. The Bertz CT molecular complexity index is 888. The number of rotatable bonds is 3. The van der Waals surface area contributed by atoms with E-state index in [2.05, 4.69) is 5.16 Å². The lowest BCUT2D eigenvalue weighted by Gasteiger charge is -2.26. The minimum Gasteiger partial charge on any atom is -0.506 e. The topological polar surface area (TPSA) is 88.4 Å². The van der Waals surface area contributed by atoms with Gasteiger partial charge in [0, 0.05) is 19.5 Å². The number of nitrogens with zero attached hydrogens (tertiary/aromatic N) is 2. The molecule has 1 N–H and O–H groups in total. The Labute approximate surface area is 187 Å². The summed E-state index contributed by atoms with van der Waals surface area (Å²) in [7, 11) is 0. The van der Waals surface area contributed by atoms with Gasteiger partial charge in [0.25, 0.3) is 5.91 Å². The zero-order valence-corrected chi connectivity index (χ0v) is 18.1. The number of piperidine rings is 1. The number of cyclic esters (lactones) is 1. The highest BCUT2D eigenvalue weighted by molar-refractivity contribution is 6.33. The number of aromatic hydroxyl groups is 1. The number of allylic oxidation sites excluding steroid dienone is 3. The lowest BCUT2D eigenvalue weighted by molar-refractivity contribution is -0.137. The lowest BCUT2D eigenvalue weighted by Crippen LogP contribution is -2.37. The van der Waals surface area contributed by atoms with Crippen molar-refractivity contribution in [3.63, 3.8) is 0 Å². The van der Waals surface area contributed by atoms with Crippen molar-refractivity contribution in [2.45, 2.75) is 38.5 Å². The molecule has 166 valence electrons. The molecule has 1 aromatic carbocycles. The summed E-state index contributed by atoms with van der Waals surface area (Å²) >= 11 is 6.30. The molecule has 0 saturated carbocycles. The van der Waals surface area contributed by atoms with Crippen LogP contribution >= 0.6 is 11.6 Å². The summed E-state index contributed by atoms with van der Waals surface area (Å²) in [5, 5.41) is 14.2. The number of likely N-dealkylation sites (tertiary alicyclic amines) is 1. The Kier molecular flexibility index (Phi) is 8.53. The van der Waals surface area contributed by atoms with Gasteiger partial charge in [-0.3, -0.25) is 4.79 Å². The summed E-state index contributed by atoms with van der Waals surface area (Å²) in [5.74, 6) is -0.769. The molecule has 3 rings (SSSR count). The Balaban J connectivity index is 1.80. The van der Waals surface area contributed by atoms with Gasteiger partial charge in [0.2, 0.25) is 0 Å². The maximum Gasteiger partial charge on any atom is 0.338 e. The van der Waals surface area contributed by atoms with Gasteiger partial charge in [0.15, 0.2) is 6.61 Å². The van der Waals surface area contributed by atoms with Gasteiger partial charge in [-0.2, -0.15) is 0 Å². The molecule has 0 spiro atoms. The number of carbonyl (C=O) groups excluding carboxylic acids is 2. The predicted molar refractivity (Wildman–Crippen MR) is 118 cm³/mol. The Morgan fingerprint density at radius 2 is 1.94 bits per heavy atom. The average Bonchev–Trinajstić information content (AvgIpc) is 2.79. The molecule has 0 aliphatic carbocycles. The van der Waals surface area contributed by atoms with E-state index in [-0.39, 0.29) is 41.9 Å². The second kappa shape index (κ2) is 11.6. The summed E-state index contributed by atoms with van der Waals surface area (Å²) in [6.45, 7) is 1.50. The molecule has 0 aromatic heterocycles. The van der Waals surface area contributed by atoms with Gasteiger partial charge in [-0.05, 0) is 55.9 Å². The molecule has 2 heterocycles. The second-order valence-electron chi connectivity index (χ2n) is 7.45. The van der Waals surface area contributed by atoms with E-state index < -0.39 is 5.97 Å². The fourth-order valence-corrected chi connectivity index (χ4v) is 3.71. The van der Waals surface area contributed by atoms with Crippen LogP contribution in [0.5, 0.6) is 5.75 Å². The normalized spacial score (nSPS) is 21.1. The van der Waals surface area contributed by atoms with E-state index in [1.807, 2.05) is 12.2 Å². The minimum atomic E-state index is -0.537. The summed E-state index contributed by atoms with van der Waals surface area (Å²) in [4.78, 5) is 32.0. The molecule has 1 aromatic rings. The number of oxime groups is 1. The number of benzene rings is 1. The monoisotopic (exact) mass is 446 g/mol. The van der Waals surface area contributed by atoms with Gasteiger partial charge in [-0.25, -0.2) is 4.79 Å². The molecule has 2 aliphatic rings. The van der Waals surface area contributed by atoms with Crippen molar-refractivity contribution in [3.05, 3.63) is 52.6 Å². The lowest BCUT2D eigenvalue weighted by atomic mass is 10.0. The number of carbonyl (C=O) groups is 2. The maximum absolute atomic E-state index is 12.5. The van der Waals surface area contributed by atoms with Gasteiger partial charge >= 0.3 is 5.97 Å². The Morgan fingerprint density at radius 1 is 1.16 bits per heavy atom.